The fourth-order valence-electron chi connectivity index (χ4n) is 4.11. The van der Waals surface area contributed by atoms with Gasteiger partial charge in [-0.1, -0.05) is 44.2 Å². The van der Waals surface area contributed by atoms with Crippen molar-refractivity contribution in [3.8, 4) is 0 Å². The van der Waals surface area contributed by atoms with Crippen LogP contribution in [0.4, 0.5) is 17.6 Å². The van der Waals surface area contributed by atoms with Gasteiger partial charge in [-0.2, -0.15) is 9.97 Å². The van der Waals surface area contributed by atoms with E-state index in [9.17, 15) is 0 Å². The first-order valence-corrected chi connectivity index (χ1v) is 9.30. The summed E-state index contributed by atoms with van der Waals surface area (Å²) in [6.45, 7) is 9.69. The minimum Gasteiger partial charge on any atom is -0.378 e. The average molecular weight is 353 g/mol. The Kier molecular flexibility index (Phi) is 4.44. The van der Waals surface area contributed by atoms with Gasteiger partial charge in [0.15, 0.2) is 0 Å². The molecule has 6 nitrogen and oxygen atoms in total. The summed E-state index contributed by atoms with van der Waals surface area (Å²) in [5, 5.41) is 0. The second-order valence-corrected chi connectivity index (χ2v) is 7.87. The molecule has 0 saturated carbocycles. The van der Waals surface area contributed by atoms with Crippen LogP contribution < -0.4 is 15.5 Å². The Bertz CT molecular complexity index is 758. The molecule has 2 N–H and O–H groups in total. The first-order valence-electron chi connectivity index (χ1n) is 9.30. The fourth-order valence-corrected chi connectivity index (χ4v) is 4.11. The molecule has 2 aliphatic rings. The van der Waals surface area contributed by atoms with Crippen molar-refractivity contribution in [1.29, 1.82) is 0 Å². The predicted octanol–water partition coefficient (Wildman–Crippen LogP) is 2.53. The standard InChI is InChI=1S/C20H27N5O/c1-20(2)14-25(13-16(20)15-6-4-3-5-7-15)18-12-17(22-19(21)23-18)24-8-10-26-11-9-24/h3-7,12,16H,8-11,13-14H2,1-2H3,(H2,21,22,23)/t16-/m1/s1. The summed E-state index contributed by atoms with van der Waals surface area (Å²) in [5.74, 6) is 2.62. The smallest absolute Gasteiger partial charge is 0.223 e. The summed E-state index contributed by atoms with van der Waals surface area (Å²) in [7, 11) is 0. The maximum Gasteiger partial charge on any atom is 0.223 e. The third kappa shape index (κ3) is 3.33. The molecule has 138 valence electrons. The van der Waals surface area contributed by atoms with Gasteiger partial charge in [0.1, 0.15) is 11.6 Å². The molecule has 1 aromatic heterocycles. The molecule has 0 aliphatic carbocycles. The van der Waals surface area contributed by atoms with E-state index >= 15 is 0 Å². The lowest BCUT2D eigenvalue weighted by atomic mass is 9.78. The molecule has 2 fully saturated rings. The number of nitrogen functional groups attached to an aromatic ring is 1. The maximum atomic E-state index is 6.04. The largest absolute Gasteiger partial charge is 0.378 e. The zero-order chi connectivity index (χ0) is 18.1. The molecule has 0 unspecified atom stereocenters. The summed E-state index contributed by atoms with van der Waals surface area (Å²) in [6, 6.07) is 12.8. The van der Waals surface area contributed by atoms with Gasteiger partial charge >= 0.3 is 0 Å². The van der Waals surface area contributed by atoms with Crippen LogP contribution in [-0.4, -0.2) is 49.4 Å². The van der Waals surface area contributed by atoms with E-state index in [0.717, 1.165) is 51.0 Å². The van der Waals surface area contributed by atoms with Crippen LogP contribution in [0.5, 0.6) is 0 Å². The van der Waals surface area contributed by atoms with Gasteiger partial charge in [0.2, 0.25) is 5.95 Å². The first kappa shape index (κ1) is 17.1. The molecule has 26 heavy (non-hydrogen) atoms. The highest BCUT2D eigenvalue weighted by Crippen LogP contribution is 2.43. The van der Waals surface area contributed by atoms with Gasteiger partial charge in [0.25, 0.3) is 0 Å². The Balaban J connectivity index is 1.60. The summed E-state index contributed by atoms with van der Waals surface area (Å²) < 4.78 is 5.45. The number of hydrogen-bond acceptors (Lipinski definition) is 6. The second-order valence-electron chi connectivity index (χ2n) is 7.87. The number of rotatable bonds is 3. The van der Waals surface area contributed by atoms with Crippen molar-refractivity contribution in [2.45, 2.75) is 19.8 Å². The fraction of sp³-hybridized carbons (Fsp3) is 0.500. The number of anilines is 3. The maximum absolute atomic E-state index is 6.04. The topological polar surface area (TPSA) is 67.5 Å². The van der Waals surface area contributed by atoms with E-state index in [4.69, 9.17) is 10.5 Å². The Hall–Kier alpha value is -2.34. The van der Waals surface area contributed by atoms with Gasteiger partial charge in [-0.3, -0.25) is 0 Å². The number of nitrogens with zero attached hydrogens (tertiary/aromatic N) is 4. The highest BCUT2D eigenvalue weighted by atomic mass is 16.5. The zero-order valence-electron chi connectivity index (χ0n) is 15.6. The van der Waals surface area contributed by atoms with E-state index in [1.807, 2.05) is 0 Å². The molecule has 0 radical (unpaired) electrons. The molecule has 6 heteroatoms. The van der Waals surface area contributed by atoms with E-state index in [2.05, 4.69) is 70.0 Å². The summed E-state index contributed by atoms with van der Waals surface area (Å²) in [4.78, 5) is 13.6. The van der Waals surface area contributed by atoms with Gasteiger partial charge in [-0.05, 0) is 11.0 Å². The van der Waals surface area contributed by atoms with Crippen LogP contribution in [0.3, 0.4) is 0 Å². The van der Waals surface area contributed by atoms with Crippen molar-refractivity contribution in [2.75, 3.05) is 54.9 Å². The number of aromatic nitrogens is 2. The van der Waals surface area contributed by atoms with Gasteiger partial charge in [0, 0.05) is 38.2 Å². The highest BCUT2D eigenvalue weighted by molar-refractivity contribution is 5.55. The quantitative estimate of drug-likeness (QED) is 0.915. The molecule has 1 aromatic carbocycles. The van der Waals surface area contributed by atoms with Crippen LogP contribution in [0.25, 0.3) is 0 Å². The lowest BCUT2D eigenvalue weighted by molar-refractivity contribution is 0.122. The van der Waals surface area contributed by atoms with E-state index in [0.29, 0.717) is 11.9 Å². The van der Waals surface area contributed by atoms with Crippen LogP contribution >= 0.6 is 0 Å². The third-order valence-electron chi connectivity index (χ3n) is 5.52. The Morgan fingerprint density at radius 1 is 1.04 bits per heavy atom. The minimum absolute atomic E-state index is 0.167. The van der Waals surface area contributed by atoms with Crippen molar-refractivity contribution in [3.05, 3.63) is 42.0 Å². The second kappa shape index (κ2) is 6.76. The van der Waals surface area contributed by atoms with E-state index in [1.54, 1.807) is 0 Å². The molecule has 0 spiro atoms. The van der Waals surface area contributed by atoms with Gasteiger partial charge in [0.05, 0.1) is 13.2 Å². The van der Waals surface area contributed by atoms with Crippen molar-refractivity contribution >= 4 is 17.6 Å². The highest BCUT2D eigenvalue weighted by Gasteiger charge is 2.40. The van der Waals surface area contributed by atoms with Crippen molar-refractivity contribution in [2.24, 2.45) is 5.41 Å². The third-order valence-corrected chi connectivity index (χ3v) is 5.52. The molecule has 1 atom stereocenters. The molecule has 2 aliphatic heterocycles. The molecule has 2 aromatic rings. The Morgan fingerprint density at radius 2 is 1.69 bits per heavy atom. The Morgan fingerprint density at radius 3 is 2.38 bits per heavy atom. The monoisotopic (exact) mass is 353 g/mol. The van der Waals surface area contributed by atoms with E-state index in [1.165, 1.54) is 5.56 Å². The van der Waals surface area contributed by atoms with Crippen molar-refractivity contribution < 1.29 is 4.74 Å². The summed E-state index contributed by atoms with van der Waals surface area (Å²) >= 11 is 0. The molecular weight excluding hydrogens is 326 g/mol. The predicted molar refractivity (Wildman–Crippen MR) is 105 cm³/mol. The molecule has 3 heterocycles. The lowest BCUT2D eigenvalue weighted by Gasteiger charge is -2.29. The summed E-state index contributed by atoms with van der Waals surface area (Å²) in [6.07, 6.45) is 0. The van der Waals surface area contributed by atoms with Crippen molar-refractivity contribution in [1.82, 2.24) is 9.97 Å². The van der Waals surface area contributed by atoms with Gasteiger partial charge < -0.3 is 20.3 Å². The summed E-state index contributed by atoms with van der Waals surface area (Å²) in [5.41, 5.74) is 7.59. The van der Waals surface area contributed by atoms with Crippen LogP contribution in [0, 0.1) is 5.41 Å². The number of benzene rings is 1. The molecule has 0 amide bonds. The Labute approximate surface area is 155 Å². The number of morpholine rings is 1. The molecule has 4 rings (SSSR count). The average Bonchev–Trinajstić information content (AvgIpc) is 2.98. The van der Waals surface area contributed by atoms with Crippen LogP contribution in [0.1, 0.15) is 25.3 Å². The van der Waals surface area contributed by atoms with Crippen LogP contribution in [0.15, 0.2) is 36.4 Å². The number of nitrogens with two attached hydrogens (primary N) is 1. The van der Waals surface area contributed by atoms with Gasteiger partial charge in [-0.15, -0.1) is 0 Å². The molecule has 0 bridgehead atoms. The van der Waals surface area contributed by atoms with Crippen LogP contribution in [-0.2, 0) is 4.74 Å². The lowest BCUT2D eigenvalue weighted by Crippen LogP contribution is -2.37. The van der Waals surface area contributed by atoms with Crippen LogP contribution in [0.2, 0.25) is 0 Å². The van der Waals surface area contributed by atoms with E-state index in [-0.39, 0.29) is 5.41 Å². The number of ether oxygens (including phenoxy) is 1. The van der Waals surface area contributed by atoms with Crippen molar-refractivity contribution in [3.63, 3.8) is 0 Å². The first-order chi connectivity index (χ1) is 12.5. The van der Waals surface area contributed by atoms with E-state index < -0.39 is 0 Å². The zero-order valence-corrected chi connectivity index (χ0v) is 15.6. The van der Waals surface area contributed by atoms with Gasteiger partial charge in [-0.25, -0.2) is 0 Å². The molecule has 2 saturated heterocycles. The normalized spacial score (nSPS) is 22.6. The SMILES string of the molecule is CC1(C)CN(c2cc(N3CCOCC3)nc(N)n2)C[C@@H]1c1ccccc1. The number of hydrogen-bond donors (Lipinski definition) is 1. The minimum atomic E-state index is 0.167. The molecular formula is C20H27N5O.